The predicted molar refractivity (Wildman–Crippen MR) is 109 cm³/mol. The van der Waals surface area contributed by atoms with Gasteiger partial charge < -0.3 is 20.1 Å². The number of methoxy groups -OCH3 is 1. The highest BCUT2D eigenvalue weighted by molar-refractivity contribution is 6.05. The zero-order valence-corrected chi connectivity index (χ0v) is 16.6. The van der Waals surface area contributed by atoms with Gasteiger partial charge in [-0.1, -0.05) is 25.3 Å². The van der Waals surface area contributed by atoms with E-state index in [1.807, 2.05) is 0 Å². The minimum absolute atomic E-state index is 0.00351. The highest BCUT2D eigenvalue weighted by Crippen LogP contribution is 2.32. The van der Waals surface area contributed by atoms with Crippen LogP contribution in [0.5, 0.6) is 11.5 Å². The quantitative estimate of drug-likeness (QED) is 0.658. The van der Waals surface area contributed by atoms with Crippen LogP contribution >= 0.6 is 0 Å². The molecule has 2 aromatic carbocycles. The summed E-state index contributed by atoms with van der Waals surface area (Å²) < 4.78 is 34.6. The van der Waals surface area contributed by atoms with Crippen molar-refractivity contribution in [1.82, 2.24) is 0 Å². The van der Waals surface area contributed by atoms with E-state index in [9.17, 15) is 18.4 Å². The van der Waals surface area contributed by atoms with Gasteiger partial charge in [-0.25, -0.2) is 0 Å². The summed E-state index contributed by atoms with van der Waals surface area (Å²) in [5.74, 6) is -0.531. The van der Waals surface area contributed by atoms with Crippen LogP contribution in [0.2, 0.25) is 0 Å². The van der Waals surface area contributed by atoms with Gasteiger partial charge in [0.1, 0.15) is 0 Å². The van der Waals surface area contributed by atoms with E-state index >= 15 is 0 Å². The Hall–Kier alpha value is -3.16. The van der Waals surface area contributed by atoms with Crippen molar-refractivity contribution in [1.29, 1.82) is 0 Å². The van der Waals surface area contributed by atoms with Crippen LogP contribution in [0.1, 0.15) is 42.5 Å². The molecule has 2 amide bonds. The number of benzene rings is 2. The minimum atomic E-state index is -3.02. The van der Waals surface area contributed by atoms with Crippen molar-refractivity contribution < 1.29 is 27.8 Å². The number of hydrogen-bond donors (Lipinski definition) is 2. The predicted octanol–water partition coefficient (Wildman–Crippen LogP) is 5.07. The number of carbonyl (C=O) groups excluding carboxylic acids is 2. The maximum atomic E-state index is 12.6. The van der Waals surface area contributed by atoms with Gasteiger partial charge in [-0.15, -0.1) is 0 Å². The molecule has 0 aliphatic heterocycles. The zero-order valence-electron chi connectivity index (χ0n) is 16.6. The SMILES string of the molecule is COc1ccc(NC(=O)c2cccc(NC(=O)C3CCCCC3)c2)cc1OC(F)F. The Morgan fingerprint density at radius 2 is 1.70 bits per heavy atom. The normalized spacial score (nSPS) is 14.3. The number of hydrogen-bond acceptors (Lipinski definition) is 4. The second kappa shape index (κ2) is 10.0. The average Bonchev–Trinajstić information content (AvgIpc) is 2.74. The van der Waals surface area contributed by atoms with Crippen LogP contribution in [0.3, 0.4) is 0 Å². The summed E-state index contributed by atoms with van der Waals surface area (Å²) in [7, 11) is 1.33. The van der Waals surface area contributed by atoms with Crippen molar-refractivity contribution in [3.8, 4) is 11.5 Å². The van der Waals surface area contributed by atoms with Crippen LogP contribution in [-0.2, 0) is 4.79 Å². The lowest BCUT2D eigenvalue weighted by atomic mass is 9.88. The van der Waals surface area contributed by atoms with Crippen LogP contribution in [-0.4, -0.2) is 25.5 Å². The summed E-state index contributed by atoms with van der Waals surface area (Å²) >= 11 is 0. The molecular formula is C22H24F2N2O4. The molecule has 1 aliphatic rings. The largest absolute Gasteiger partial charge is 0.493 e. The van der Waals surface area contributed by atoms with Crippen molar-refractivity contribution in [3.63, 3.8) is 0 Å². The first kappa shape index (κ1) is 21.5. The Morgan fingerprint density at radius 3 is 2.40 bits per heavy atom. The highest BCUT2D eigenvalue weighted by atomic mass is 19.3. The standard InChI is InChI=1S/C22H24F2N2O4/c1-29-18-11-10-17(13-19(18)30-22(23)24)26-21(28)15-8-5-9-16(12-15)25-20(27)14-6-3-2-4-7-14/h5,8-14,22H,2-4,6-7H2,1H3,(H,25,27)(H,26,28). The van der Waals surface area contributed by atoms with Gasteiger partial charge in [-0.05, 0) is 43.2 Å². The molecule has 0 unspecified atom stereocenters. The molecule has 0 atom stereocenters. The van der Waals surface area contributed by atoms with E-state index in [2.05, 4.69) is 15.4 Å². The number of rotatable bonds is 7. The van der Waals surface area contributed by atoms with Crippen LogP contribution in [0.25, 0.3) is 0 Å². The molecule has 6 nitrogen and oxygen atoms in total. The number of anilines is 2. The molecule has 1 fully saturated rings. The lowest BCUT2D eigenvalue weighted by Crippen LogP contribution is -2.24. The third kappa shape index (κ3) is 5.68. The van der Waals surface area contributed by atoms with Gasteiger partial charge >= 0.3 is 6.61 Å². The van der Waals surface area contributed by atoms with E-state index in [-0.39, 0.29) is 29.0 Å². The zero-order chi connectivity index (χ0) is 21.5. The first-order valence-corrected chi connectivity index (χ1v) is 9.81. The molecule has 8 heteroatoms. The molecule has 0 aromatic heterocycles. The van der Waals surface area contributed by atoms with Crippen LogP contribution < -0.4 is 20.1 Å². The Labute approximate surface area is 173 Å². The average molecular weight is 418 g/mol. The molecule has 0 spiro atoms. The van der Waals surface area contributed by atoms with Crippen LogP contribution in [0.4, 0.5) is 20.2 Å². The van der Waals surface area contributed by atoms with E-state index in [4.69, 9.17) is 4.74 Å². The van der Waals surface area contributed by atoms with E-state index in [0.29, 0.717) is 11.3 Å². The third-order valence-corrected chi connectivity index (χ3v) is 5.01. The fourth-order valence-corrected chi connectivity index (χ4v) is 3.49. The highest BCUT2D eigenvalue weighted by Gasteiger charge is 2.21. The Morgan fingerprint density at radius 1 is 0.967 bits per heavy atom. The summed E-state index contributed by atoms with van der Waals surface area (Å²) in [6.45, 7) is -3.02. The Kier molecular flexibility index (Phi) is 7.21. The monoisotopic (exact) mass is 418 g/mol. The molecule has 0 bridgehead atoms. The Balaban J connectivity index is 1.68. The van der Waals surface area contributed by atoms with E-state index in [1.54, 1.807) is 24.3 Å². The number of nitrogens with one attached hydrogen (secondary N) is 2. The van der Waals surface area contributed by atoms with Gasteiger partial charge in [-0.2, -0.15) is 8.78 Å². The number of carbonyl (C=O) groups is 2. The van der Waals surface area contributed by atoms with Crippen molar-refractivity contribution >= 4 is 23.2 Å². The van der Waals surface area contributed by atoms with Crippen molar-refractivity contribution in [2.45, 2.75) is 38.7 Å². The fourth-order valence-electron chi connectivity index (χ4n) is 3.49. The van der Waals surface area contributed by atoms with Gasteiger partial charge in [0.2, 0.25) is 5.91 Å². The molecule has 0 saturated heterocycles. The molecule has 0 heterocycles. The summed E-state index contributed by atoms with van der Waals surface area (Å²) in [6, 6.07) is 10.8. The first-order valence-electron chi connectivity index (χ1n) is 9.81. The number of ether oxygens (including phenoxy) is 2. The van der Waals surface area contributed by atoms with Gasteiger partial charge in [0.15, 0.2) is 11.5 Å². The molecule has 0 radical (unpaired) electrons. The first-order chi connectivity index (χ1) is 14.5. The summed E-state index contributed by atoms with van der Waals surface area (Å²) in [6.07, 6.45) is 5.03. The topological polar surface area (TPSA) is 76.7 Å². The second-order valence-electron chi connectivity index (χ2n) is 7.10. The molecule has 2 N–H and O–H groups in total. The minimum Gasteiger partial charge on any atom is -0.493 e. The van der Waals surface area contributed by atoms with Crippen molar-refractivity contribution in [2.24, 2.45) is 5.92 Å². The van der Waals surface area contributed by atoms with Crippen LogP contribution in [0.15, 0.2) is 42.5 Å². The van der Waals surface area contributed by atoms with Gasteiger partial charge in [-0.3, -0.25) is 9.59 Å². The lowest BCUT2D eigenvalue weighted by molar-refractivity contribution is -0.120. The molecule has 1 saturated carbocycles. The second-order valence-corrected chi connectivity index (χ2v) is 7.10. The van der Waals surface area contributed by atoms with E-state index < -0.39 is 12.5 Å². The van der Waals surface area contributed by atoms with E-state index in [0.717, 1.165) is 32.1 Å². The summed E-state index contributed by atoms with van der Waals surface area (Å²) in [4.78, 5) is 25.0. The number of amides is 2. The van der Waals surface area contributed by atoms with E-state index in [1.165, 1.54) is 25.3 Å². The maximum Gasteiger partial charge on any atom is 0.387 e. The van der Waals surface area contributed by atoms with Crippen molar-refractivity contribution in [3.05, 3.63) is 48.0 Å². The summed E-state index contributed by atoms with van der Waals surface area (Å²) in [5, 5.41) is 5.51. The van der Waals surface area contributed by atoms with Crippen LogP contribution in [0, 0.1) is 5.92 Å². The van der Waals surface area contributed by atoms with Crippen molar-refractivity contribution in [2.75, 3.05) is 17.7 Å². The number of alkyl halides is 2. The fraction of sp³-hybridized carbons (Fsp3) is 0.364. The van der Waals surface area contributed by atoms with Gasteiger partial charge in [0, 0.05) is 28.9 Å². The lowest BCUT2D eigenvalue weighted by Gasteiger charge is -2.20. The van der Waals surface area contributed by atoms with Gasteiger partial charge in [0.05, 0.1) is 7.11 Å². The maximum absolute atomic E-state index is 12.6. The molecule has 3 rings (SSSR count). The molecule has 30 heavy (non-hydrogen) atoms. The number of halogens is 2. The third-order valence-electron chi connectivity index (χ3n) is 5.01. The molecule has 1 aliphatic carbocycles. The molecular weight excluding hydrogens is 394 g/mol. The Bertz CT molecular complexity index is 898. The summed E-state index contributed by atoms with van der Waals surface area (Å²) in [5.41, 5.74) is 1.13. The molecule has 160 valence electrons. The molecule has 2 aromatic rings. The van der Waals surface area contributed by atoms with Gasteiger partial charge in [0.25, 0.3) is 5.91 Å². The smallest absolute Gasteiger partial charge is 0.387 e.